The fourth-order valence-electron chi connectivity index (χ4n) is 4.13. The van der Waals surface area contributed by atoms with Gasteiger partial charge in [-0.1, -0.05) is 63.2 Å². The van der Waals surface area contributed by atoms with Crippen molar-refractivity contribution in [2.45, 2.75) is 32.6 Å². The number of carbonyl (C=O) groups is 2. The zero-order chi connectivity index (χ0) is 19.6. The molecule has 1 aromatic heterocycles. The Balaban J connectivity index is 1.86. The Morgan fingerprint density at radius 2 is 1.43 bits per heavy atom. The number of hydrogen-bond donors (Lipinski definition) is 0. The van der Waals surface area contributed by atoms with Crippen molar-refractivity contribution >= 4 is 45.1 Å². The molecule has 0 aliphatic heterocycles. The lowest BCUT2D eigenvalue weighted by atomic mass is 9.82. The van der Waals surface area contributed by atoms with Crippen LogP contribution in [-0.4, -0.2) is 20.3 Å². The molecule has 4 aromatic rings. The second kappa shape index (κ2) is 5.79. The van der Waals surface area contributed by atoms with Crippen molar-refractivity contribution < 1.29 is 9.59 Å². The Hall–Kier alpha value is -2.92. The first-order valence-electron chi connectivity index (χ1n) is 9.24. The molecule has 138 valence electrons. The first-order valence-corrected chi connectivity index (χ1v) is 9.97. The molecule has 0 spiro atoms. The van der Waals surface area contributed by atoms with Crippen LogP contribution in [0.25, 0.3) is 32.9 Å². The Morgan fingerprint density at radius 3 is 2.18 bits per heavy atom. The Kier molecular flexibility index (Phi) is 3.55. The fourth-order valence-corrected chi connectivity index (χ4v) is 4.71. The van der Waals surface area contributed by atoms with Gasteiger partial charge >= 0.3 is 0 Å². The molecule has 1 aliphatic rings. The lowest BCUT2D eigenvalue weighted by molar-refractivity contribution is 0.0890. The van der Waals surface area contributed by atoms with Crippen molar-refractivity contribution in [2.24, 2.45) is 0 Å². The lowest BCUT2D eigenvalue weighted by Gasteiger charge is -2.21. The first-order chi connectivity index (χ1) is 13.4. The maximum absolute atomic E-state index is 12.4. The number of benzene rings is 3. The van der Waals surface area contributed by atoms with Gasteiger partial charge in [-0.05, 0) is 21.9 Å². The molecule has 0 saturated heterocycles. The third-order valence-corrected chi connectivity index (χ3v) is 6.00. The Morgan fingerprint density at radius 1 is 0.786 bits per heavy atom. The average Bonchev–Trinajstić information content (AvgIpc) is 3.14. The summed E-state index contributed by atoms with van der Waals surface area (Å²) in [6.45, 7) is 6.50. The van der Waals surface area contributed by atoms with Crippen LogP contribution in [0.1, 0.15) is 53.5 Å². The van der Waals surface area contributed by atoms with Gasteiger partial charge in [0.2, 0.25) is 0 Å². The van der Waals surface area contributed by atoms with Crippen LogP contribution >= 0.6 is 11.7 Å². The van der Waals surface area contributed by atoms with E-state index in [1.165, 1.54) is 11.7 Å². The molecular formula is C23H18N2O2S. The van der Waals surface area contributed by atoms with Gasteiger partial charge in [-0.15, -0.1) is 0 Å². The summed E-state index contributed by atoms with van der Waals surface area (Å²) in [5.74, 6) is -0.215. The standard InChI is InChI=1S/C23H18N2O2S/c1-23(2,3)17-10-9-14(21-22(17)25-28-24-21)12-7-8-16-19(27)11-18(26)15-6-4-5-13(12)20(15)16/h4-10H,11H2,1-3H3. The summed E-state index contributed by atoms with van der Waals surface area (Å²) in [4.78, 5) is 24.8. The molecule has 0 fully saturated rings. The van der Waals surface area contributed by atoms with Crippen LogP contribution < -0.4 is 0 Å². The molecule has 0 bridgehead atoms. The maximum Gasteiger partial charge on any atom is 0.171 e. The van der Waals surface area contributed by atoms with Crippen molar-refractivity contribution in [3.63, 3.8) is 0 Å². The molecule has 1 aliphatic carbocycles. The van der Waals surface area contributed by atoms with E-state index < -0.39 is 0 Å². The minimum absolute atomic E-state index is 0.0364. The second-order valence-corrected chi connectivity index (χ2v) is 8.81. The van der Waals surface area contributed by atoms with Gasteiger partial charge in [-0.3, -0.25) is 9.59 Å². The van der Waals surface area contributed by atoms with Crippen molar-refractivity contribution in [1.29, 1.82) is 0 Å². The molecule has 0 radical (unpaired) electrons. The van der Waals surface area contributed by atoms with Crippen LogP contribution in [0.5, 0.6) is 0 Å². The number of hydrogen-bond acceptors (Lipinski definition) is 5. The highest BCUT2D eigenvalue weighted by Gasteiger charge is 2.27. The monoisotopic (exact) mass is 386 g/mol. The second-order valence-electron chi connectivity index (χ2n) is 8.28. The van der Waals surface area contributed by atoms with Crippen LogP contribution in [0.15, 0.2) is 42.5 Å². The molecule has 0 N–H and O–H groups in total. The highest BCUT2D eigenvalue weighted by Crippen LogP contribution is 2.40. The highest BCUT2D eigenvalue weighted by atomic mass is 32.1. The number of rotatable bonds is 1. The van der Waals surface area contributed by atoms with Crippen molar-refractivity contribution in [1.82, 2.24) is 8.75 Å². The van der Waals surface area contributed by atoms with E-state index in [9.17, 15) is 9.59 Å². The van der Waals surface area contributed by atoms with E-state index in [-0.39, 0.29) is 23.4 Å². The van der Waals surface area contributed by atoms with E-state index in [0.29, 0.717) is 11.1 Å². The van der Waals surface area contributed by atoms with Crippen LogP contribution in [0.4, 0.5) is 0 Å². The normalized spacial score (nSPS) is 14.2. The third kappa shape index (κ3) is 2.36. The zero-order valence-electron chi connectivity index (χ0n) is 15.9. The topological polar surface area (TPSA) is 59.9 Å². The molecule has 0 saturated carbocycles. The number of aromatic nitrogens is 2. The quantitative estimate of drug-likeness (QED) is 0.401. The van der Waals surface area contributed by atoms with Crippen molar-refractivity contribution in [3.8, 4) is 11.1 Å². The zero-order valence-corrected chi connectivity index (χ0v) is 16.7. The molecular weight excluding hydrogens is 368 g/mol. The summed E-state index contributed by atoms with van der Waals surface area (Å²) in [6, 6.07) is 13.7. The number of carbonyl (C=O) groups excluding carboxylic acids is 2. The number of fused-ring (bicyclic) bond motifs is 1. The highest BCUT2D eigenvalue weighted by molar-refractivity contribution is 7.00. The molecule has 5 heteroatoms. The summed E-state index contributed by atoms with van der Waals surface area (Å²) >= 11 is 1.21. The van der Waals surface area contributed by atoms with Crippen LogP contribution in [-0.2, 0) is 5.41 Å². The van der Waals surface area contributed by atoms with E-state index in [4.69, 9.17) is 0 Å². The average molecular weight is 386 g/mol. The van der Waals surface area contributed by atoms with E-state index in [1.807, 2.05) is 30.3 Å². The van der Waals surface area contributed by atoms with E-state index >= 15 is 0 Å². The largest absolute Gasteiger partial charge is 0.294 e. The molecule has 0 amide bonds. The van der Waals surface area contributed by atoms with Crippen LogP contribution in [0.3, 0.4) is 0 Å². The Bertz CT molecular complexity index is 1290. The predicted molar refractivity (Wildman–Crippen MR) is 112 cm³/mol. The molecule has 3 aromatic carbocycles. The van der Waals surface area contributed by atoms with Gasteiger partial charge in [0.25, 0.3) is 0 Å². The minimum atomic E-state index is -0.108. The molecule has 4 nitrogen and oxygen atoms in total. The van der Waals surface area contributed by atoms with Crippen molar-refractivity contribution in [3.05, 3.63) is 59.2 Å². The first kappa shape index (κ1) is 17.2. The third-order valence-electron chi connectivity index (χ3n) is 5.48. The molecule has 28 heavy (non-hydrogen) atoms. The van der Waals surface area contributed by atoms with Gasteiger partial charge in [0.1, 0.15) is 11.0 Å². The number of Topliss-reactive ketones (excluding diaryl/α,β-unsaturated/α-hetero) is 2. The lowest BCUT2D eigenvalue weighted by Crippen LogP contribution is -2.16. The number of nitrogens with zero attached hydrogens (tertiary/aromatic N) is 2. The van der Waals surface area contributed by atoms with Crippen LogP contribution in [0.2, 0.25) is 0 Å². The van der Waals surface area contributed by atoms with Gasteiger partial charge in [0, 0.05) is 22.1 Å². The Labute approximate surface area is 166 Å². The van der Waals surface area contributed by atoms with E-state index in [2.05, 4.69) is 41.7 Å². The van der Waals surface area contributed by atoms with Gasteiger partial charge < -0.3 is 0 Å². The maximum atomic E-state index is 12.4. The summed E-state index contributed by atoms with van der Waals surface area (Å²) < 4.78 is 9.14. The van der Waals surface area contributed by atoms with Gasteiger partial charge in [0.05, 0.1) is 18.1 Å². The van der Waals surface area contributed by atoms with Gasteiger partial charge in [0.15, 0.2) is 11.6 Å². The molecule has 0 atom stereocenters. The summed E-state index contributed by atoms with van der Waals surface area (Å²) in [7, 11) is 0. The number of ketones is 2. The van der Waals surface area contributed by atoms with Gasteiger partial charge in [-0.25, -0.2) is 0 Å². The predicted octanol–water partition coefficient (Wildman–Crippen LogP) is 5.58. The van der Waals surface area contributed by atoms with Crippen LogP contribution in [0, 0.1) is 0 Å². The smallest absolute Gasteiger partial charge is 0.171 e. The van der Waals surface area contributed by atoms with Gasteiger partial charge in [-0.2, -0.15) is 8.75 Å². The molecule has 0 unspecified atom stereocenters. The SMILES string of the molecule is CC(C)(C)c1ccc(-c2ccc3c4c(cccc24)C(=O)CC3=O)c2nsnc12. The van der Waals surface area contributed by atoms with Crippen molar-refractivity contribution in [2.75, 3.05) is 0 Å². The fraction of sp³-hybridized carbons (Fsp3) is 0.217. The summed E-state index contributed by atoms with van der Waals surface area (Å²) in [6.07, 6.45) is -0.0496. The minimum Gasteiger partial charge on any atom is -0.294 e. The molecule has 1 heterocycles. The van der Waals surface area contributed by atoms with E-state index in [1.54, 1.807) is 0 Å². The van der Waals surface area contributed by atoms with E-state index in [0.717, 1.165) is 38.5 Å². The summed E-state index contributed by atoms with van der Waals surface area (Å²) in [5.41, 5.74) is 6.13. The molecule has 5 rings (SSSR count). The summed E-state index contributed by atoms with van der Waals surface area (Å²) in [5, 5.41) is 1.67.